The van der Waals surface area contributed by atoms with Gasteiger partial charge in [0, 0.05) is 17.0 Å². The molecule has 1 aromatic heterocycles. The Labute approximate surface area is 112 Å². The summed E-state index contributed by atoms with van der Waals surface area (Å²) in [5.74, 6) is 1.34. The number of benzene rings is 1. The van der Waals surface area contributed by atoms with E-state index in [-0.39, 0.29) is 0 Å². The molecule has 1 aliphatic rings. The number of hydrogen-bond donors (Lipinski definition) is 1. The van der Waals surface area contributed by atoms with Crippen LogP contribution in [-0.2, 0) is 0 Å². The molecule has 0 saturated heterocycles. The second-order valence-electron chi connectivity index (χ2n) is 5.07. The van der Waals surface area contributed by atoms with E-state index in [2.05, 4.69) is 20.7 Å². The predicted molar refractivity (Wildman–Crippen MR) is 78.2 cm³/mol. The van der Waals surface area contributed by atoms with Gasteiger partial charge in [0.1, 0.15) is 0 Å². The highest BCUT2D eigenvalue weighted by Gasteiger charge is 2.10. The first-order valence-corrected chi connectivity index (χ1v) is 6.93. The Balaban J connectivity index is 1.72. The normalized spacial score (nSPS) is 17.1. The Hall–Kier alpha value is -1.97. The number of nitrogens with zero attached hydrogens (tertiary/aromatic N) is 3. The maximum Gasteiger partial charge on any atom is 0.176 e. The molecule has 1 aromatic carbocycles. The zero-order chi connectivity index (χ0) is 12.9. The van der Waals surface area contributed by atoms with E-state index in [4.69, 9.17) is 0 Å². The van der Waals surface area contributed by atoms with E-state index in [1.54, 1.807) is 6.20 Å². The second kappa shape index (κ2) is 5.78. The molecule has 0 amide bonds. The number of rotatable bonds is 3. The minimum Gasteiger partial charge on any atom is -0.260 e. The largest absolute Gasteiger partial charge is 0.260 e. The smallest absolute Gasteiger partial charge is 0.176 e. The van der Waals surface area contributed by atoms with Gasteiger partial charge in [-0.2, -0.15) is 10.2 Å². The Bertz CT molecular complexity index is 568. The van der Waals surface area contributed by atoms with Crippen LogP contribution in [0.4, 0.5) is 5.82 Å². The van der Waals surface area contributed by atoms with Crippen molar-refractivity contribution in [1.29, 1.82) is 0 Å². The average Bonchev–Trinajstić information content (AvgIpc) is 2.49. The molecule has 0 atom stereocenters. The molecule has 0 aliphatic heterocycles. The summed E-state index contributed by atoms with van der Waals surface area (Å²) in [7, 11) is 0. The molecule has 0 spiro atoms. The van der Waals surface area contributed by atoms with Crippen LogP contribution in [0.15, 0.2) is 35.6 Å². The van der Waals surface area contributed by atoms with E-state index < -0.39 is 0 Å². The van der Waals surface area contributed by atoms with Crippen molar-refractivity contribution in [1.82, 2.24) is 10.2 Å². The van der Waals surface area contributed by atoms with E-state index in [1.807, 2.05) is 30.5 Å². The molecular weight excluding hydrogens is 236 g/mol. The Morgan fingerprint density at radius 1 is 1.16 bits per heavy atom. The fourth-order valence-corrected chi connectivity index (χ4v) is 2.60. The molecule has 1 N–H and O–H groups in total. The van der Waals surface area contributed by atoms with Crippen LogP contribution in [0.3, 0.4) is 0 Å². The number of fused-ring (bicyclic) bond motifs is 1. The Morgan fingerprint density at radius 3 is 2.89 bits per heavy atom. The SMILES string of the molecule is C(=N\Nc1nncc2ccccc12)/C1CCCCC1. The molecule has 0 bridgehead atoms. The summed E-state index contributed by atoms with van der Waals surface area (Å²) in [5.41, 5.74) is 3.03. The highest BCUT2D eigenvalue weighted by Crippen LogP contribution is 2.22. The van der Waals surface area contributed by atoms with Gasteiger partial charge in [-0.25, -0.2) is 0 Å². The maximum atomic E-state index is 4.34. The van der Waals surface area contributed by atoms with Gasteiger partial charge in [-0.05, 0) is 18.8 Å². The van der Waals surface area contributed by atoms with E-state index in [0.29, 0.717) is 5.92 Å². The van der Waals surface area contributed by atoms with Gasteiger partial charge in [-0.3, -0.25) is 5.43 Å². The molecule has 4 heteroatoms. The van der Waals surface area contributed by atoms with Gasteiger partial charge in [0.25, 0.3) is 0 Å². The van der Waals surface area contributed by atoms with Crippen LogP contribution in [0, 0.1) is 5.92 Å². The summed E-state index contributed by atoms with van der Waals surface area (Å²) >= 11 is 0. The fourth-order valence-electron chi connectivity index (χ4n) is 2.60. The lowest BCUT2D eigenvalue weighted by atomic mass is 9.90. The number of hydrogen-bond acceptors (Lipinski definition) is 4. The average molecular weight is 254 g/mol. The summed E-state index contributed by atoms with van der Waals surface area (Å²) in [6.07, 6.45) is 10.3. The Morgan fingerprint density at radius 2 is 2.00 bits per heavy atom. The molecule has 2 aromatic rings. The fraction of sp³-hybridized carbons (Fsp3) is 0.400. The van der Waals surface area contributed by atoms with E-state index in [9.17, 15) is 0 Å². The van der Waals surface area contributed by atoms with Crippen LogP contribution in [0.25, 0.3) is 10.8 Å². The predicted octanol–water partition coefficient (Wildman–Crippen LogP) is 3.61. The van der Waals surface area contributed by atoms with E-state index in [1.165, 1.54) is 32.1 Å². The highest BCUT2D eigenvalue weighted by atomic mass is 15.3. The van der Waals surface area contributed by atoms with Gasteiger partial charge in [0.2, 0.25) is 0 Å². The lowest BCUT2D eigenvalue weighted by Gasteiger charge is -2.16. The van der Waals surface area contributed by atoms with E-state index in [0.717, 1.165) is 16.6 Å². The Kier molecular flexibility index (Phi) is 3.68. The van der Waals surface area contributed by atoms with Crippen molar-refractivity contribution in [3.8, 4) is 0 Å². The van der Waals surface area contributed by atoms with Gasteiger partial charge >= 0.3 is 0 Å². The topological polar surface area (TPSA) is 50.2 Å². The summed E-state index contributed by atoms with van der Waals surface area (Å²) in [5, 5.41) is 14.6. The van der Waals surface area contributed by atoms with Crippen molar-refractivity contribution in [2.45, 2.75) is 32.1 Å². The third-order valence-corrected chi connectivity index (χ3v) is 3.68. The van der Waals surface area contributed by atoms with Crippen molar-refractivity contribution < 1.29 is 0 Å². The quantitative estimate of drug-likeness (QED) is 0.672. The summed E-state index contributed by atoms with van der Waals surface area (Å²) in [6, 6.07) is 8.06. The second-order valence-corrected chi connectivity index (χ2v) is 5.07. The first kappa shape index (κ1) is 12.1. The van der Waals surface area contributed by atoms with Crippen molar-refractivity contribution >= 4 is 22.8 Å². The number of anilines is 1. The third kappa shape index (κ3) is 2.89. The number of nitrogens with one attached hydrogen (secondary N) is 1. The molecule has 0 radical (unpaired) electrons. The zero-order valence-corrected chi connectivity index (χ0v) is 10.9. The summed E-state index contributed by atoms with van der Waals surface area (Å²) in [6.45, 7) is 0. The van der Waals surface area contributed by atoms with Gasteiger partial charge < -0.3 is 0 Å². The van der Waals surface area contributed by atoms with Crippen LogP contribution in [0.2, 0.25) is 0 Å². The van der Waals surface area contributed by atoms with Crippen molar-refractivity contribution in [3.63, 3.8) is 0 Å². The lowest BCUT2D eigenvalue weighted by Crippen LogP contribution is -2.08. The van der Waals surface area contributed by atoms with Crippen LogP contribution >= 0.6 is 0 Å². The van der Waals surface area contributed by atoms with Crippen LogP contribution in [0.1, 0.15) is 32.1 Å². The molecule has 98 valence electrons. The summed E-state index contributed by atoms with van der Waals surface area (Å²) in [4.78, 5) is 0. The maximum absolute atomic E-state index is 4.34. The van der Waals surface area contributed by atoms with Crippen LogP contribution in [0.5, 0.6) is 0 Å². The summed E-state index contributed by atoms with van der Waals surface area (Å²) < 4.78 is 0. The molecule has 19 heavy (non-hydrogen) atoms. The molecular formula is C15H18N4. The standard InChI is InChI=1S/C15H18N4/c1-2-6-12(7-3-1)10-16-18-15-14-9-5-4-8-13(14)11-17-19-15/h4-5,8-12H,1-3,6-7H2,(H,18,19)/b16-10+. The number of hydrazone groups is 1. The van der Waals surface area contributed by atoms with Crippen molar-refractivity contribution in [2.75, 3.05) is 5.43 Å². The zero-order valence-electron chi connectivity index (χ0n) is 10.9. The molecule has 1 heterocycles. The van der Waals surface area contributed by atoms with Crippen LogP contribution in [-0.4, -0.2) is 16.4 Å². The molecule has 1 aliphatic carbocycles. The van der Waals surface area contributed by atoms with Crippen LogP contribution < -0.4 is 5.43 Å². The first-order chi connectivity index (χ1) is 9.43. The molecule has 4 nitrogen and oxygen atoms in total. The first-order valence-electron chi connectivity index (χ1n) is 6.93. The monoisotopic (exact) mass is 254 g/mol. The molecule has 1 saturated carbocycles. The van der Waals surface area contributed by atoms with Gasteiger partial charge in [0.05, 0.1) is 6.20 Å². The number of aromatic nitrogens is 2. The van der Waals surface area contributed by atoms with Gasteiger partial charge in [-0.15, -0.1) is 5.10 Å². The molecule has 3 rings (SSSR count). The van der Waals surface area contributed by atoms with E-state index >= 15 is 0 Å². The minimum atomic E-state index is 0.615. The molecule has 0 unspecified atom stereocenters. The lowest BCUT2D eigenvalue weighted by molar-refractivity contribution is 0.445. The van der Waals surface area contributed by atoms with Gasteiger partial charge in [-0.1, -0.05) is 43.5 Å². The third-order valence-electron chi connectivity index (χ3n) is 3.68. The highest BCUT2D eigenvalue weighted by molar-refractivity contribution is 5.90. The van der Waals surface area contributed by atoms with Crippen molar-refractivity contribution in [2.24, 2.45) is 11.0 Å². The molecule has 1 fully saturated rings. The minimum absolute atomic E-state index is 0.615. The van der Waals surface area contributed by atoms with Gasteiger partial charge in [0.15, 0.2) is 5.82 Å². The van der Waals surface area contributed by atoms with Crippen molar-refractivity contribution in [3.05, 3.63) is 30.5 Å².